The molecule has 6 heterocycles. The third kappa shape index (κ3) is 8.56. The summed E-state index contributed by atoms with van der Waals surface area (Å²) in [5, 5.41) is 21.0. The predicted octanol–water partition coefficient (Wildman–Crippen LogP) is -8.69. The number of nitrogen functional groups attached to an aromatic ring is 1. The van der Waals surface area contributed by atoms with Crippen LogP contribution in [0.25, 0.3) is 11.2 Å². The van der Waals surface area contributed by atoms with Gasteiger partial charge in [0.1, 0.15) is 42.4 Å². The molecule has 2 saturated heterocycles. The average molecular weight is 778 g/mol. The molecule has 27 heteroatoms. The van der Waals surface area contributed by atoms with Crippen molar-refractivity contribution in [3.8, 4) is 0 Å². The van der Waals surface area contributed by atoms with Gasteiger partial charge in [-0.15, -0.1) is 0 Å². The van der Waals surface area contributed by atoms with E-state index in [9.17, 15) is 38.7 Å². The number of ether oxygens (including phenoxy) is 3. The van der Waals surface area contributed by atoms with Crippen LogP contribution in [-0.2, 0) is 32.4 Å². The smallest absolute Gasteiger partial charge is 0.775 e. The van der Waals surface area contributed by atoms with Crippen molar-refractivity contribution in [2.75, 3.05) is 25.2 Å². The van der Waals surface area contributed by atoms with Crippen LogP contribution in [0.2, 0.25) is 0 Å². The first kappa shape index (κ1) is 41.4. The van der Waals surface area contributed by atoms with Gasteiger partial charge in [-0.3, -0.25) is 27.8 Å². The fraction of sp³-hybridized carbons (Fsp3) is 0.478. The Morgan fingerprint density at radius 3 is 2.44 bits per heavy atom. The van der Waals surface area contributed by atoms with Gasteiger partial charge in [-0.05, 0) is 0 Å². The molecule has 50 heavy (non-hydrogen) atoms. The van der Waals surface area contributed by atoms with Crippen molar-refractivity contribution in [2.24, 2.45) is 0 Å². The number of nitrogens with one attached hydrogen (secondary N) is 1. The number of aliphatic hydroxyl groups excluding tert-OH is 2. The molecule has 0 radical (unpaired) electrons. The van der Waals surface area contributed by atoms with Gasteiger partial charge in [0.15, 0.2) is 30.6 Å². The SMILES string of the molecule is CO[C@@H]1[C@H](OP(=O)([O-])OC[C@H]2O[C@@H](n3ccc(=O)[nH]c3=O)[C@H](O)[C@@H]2O)[C@@H](CSP(=O)([O-])n2ccnc2)O[C@H]1n1cnc2c(N)ncnc21.[Na+].[Na+]. The van der Waals surface area contributed by atoms with Gasteiger partial charge in [0.05, 0.1) is 25.4 Å². The van der Waals surface area contributed by atoms with E-state index in [1.807, 2.05) is 4.98 Å². The van der Waals surface area contributed by atoms with E-state index in [4.69, 9.17) is 29.0 Å². The van der Waals surface area contributed by atoms with Crippen LogP contribution in [-0.4, -0.2) is 105 Å². The van der Waals surface area contributed by atoms with Crippen LogP contribution in [0, 0.1) is 0 Å². The third-order valence-electron chi connectivity index (χ3n) is 7.50. The number of phosphoric ester groups is 1. The Hall–Kier alpha value is -1.31. The number of H-pyrrole nitrogens is 1. The van der Waals surface area contributed by atoms with Crippen LogP contribution in [0.1, 0.15) is 12.5 Å². The molecule has 2 fully saturated rings. The van der Waals surface area contributed by atoms with Crippen molar-refractivity contribution < 1.29 is 112 Å². The van der Waals surface area contributed by atoms with Crippen LogP contribution in [0.4, 0.5) is 5.82 Å². The molecule has 4 aromatic heterocycles. The first-order valence-corrected chi connectivity index (χ1v) is 18.5. The number of nitrogens with zero attached hydrogens (tertiary/aromatic N) is 7. The maximum Gasteiger partial charge on any atom is 1.00 e. The van der Waals surface area contributed by atoms with E-state index in [0.29, 0.717) is 11.4 Å². The number of aromatic nitrogens is 8. The summed E-state index contributed by atoms with van der Waals surface area (Å²) in [6, 6.07) is 0.987. The zero-order valence-electron chi connectivity index (χ0n) is 26.5. The number of anilines is 1. The van der Waals surface area contributed by atoms with Crippen molar-refractivity contribution in [1.29, 1.82) is 0 Å². The summed E-state index contributed by atoms with van der Waals surface area (Å²) in [5.74, 6) is -0.291. The van der Waals surface area contributed by atoms with Gasteiger partial charge in [-0.25, -0.2) is 24.7 Å². The zero-order valence-corrected chi connectivity index (χ0v) is 33.1. The van der Waals surface area contributed by atoms with E-state index < -0.39 is 81.5 Å². The molecule has 22 nitrogen and oxygen atoms in total. The Balaban J connectivity index is 0.00000281. The third-order valence-corrected chi connectivity index (χ3v) is 12.1. The summed E-state index contributed by atoms with van der Waals surface area (Å²) in [6.45, 7) is -5.24. The molecule has 5 N–H and O–H groups in total. The second-order valence-electron chi connectivity index (χ2n) is 10.4. The van der Waals surface area contributed by atoms with Crippen LogP contribution in [0.5, 0.6) is 0 Å². The molecule has 260 valence electrons. The molecule has 4 aromatic rings. The molecule has 2 unspecified atom stereocenters. The molecule has 2 aliphatic rings. The fourth-order valence-electron chi connectivity index (χ4n) is 5.20. The van der Waals surface area contributed by atoms with E-state index in [-0.39, 0.29) is 81.8 Å². The van der Waals surface area contributed by atoms with Crippen LogP contribution in [0.15, 0.2) is 53.2 Å². The summed E-state index contributed by atoms with van der Waals surface area (Å²) in [5.41, 5.74) is 4.67. The quantitative estimate of drug-likeness (QED) is 0.0767. The largest absolute Gasteiger partial charge is 1.00 e. The number of hydrogen-bond donors (Lipinski definition) is 4. The zero-order chi connectivity index (χ0) is 34.4. The summed E-state index contributed by atoms with van der Waals surface area (Å²) < 4.78 is 56.8. The van der Waals surface area contributed by atoms with Crippen molar-refractivity contribution in [3.05, 3.63) is 64.5 Å². The summed E-state index contributed by atoms with van der Waals surface area (Å²) >= 11 is 0.444. The maximum absolute atomic E-state index is 13.2. The topological polar surface area (TPSA) is 309 Å². The minimum Gasteiger partial charge on any atom is -0.775 e. The van der Waals surface area contributed by atoms with Gasteiger partial charge >= 0.3 is 64.8 Å². The first-order valence-electron chi connectivity index (χ1n) is 13.8. The number of fused-ring (bicyclic) bond motifs is 1. The Bertz CT molecular complexity index is 1990. The van der Waals surface area contributed by atoms with Gasteiger partial charge in [-0.1, -0.05) is 11.4 Å². The Morgan fingerprint density at radius 1 is 1.02 bits per heavy atom. The number of aromatic amines is 1. The number of phosphoric acid groups is 1. The summed E-state index contributed by atoms with van der Waals surface area (Å²) in [7, 11) is -4.10. The first-order chi connectivity index (χ1) is 22.8. The number of nitrogens with two attached hydrogens (primary N) is 1. The second kappa shape index (κ2) is 16.8. The van der Waals surface area contributed by atoms with E-state index in [0.717, 1.165) is 27.5 Å². The van der Waals surface area contributed by atoms with Gasteiger partial charge in [0.2, 0.25) is 0 Å². The molecule has 10 atom stereocenters. The molecule has 0 aliphatic carbocycles. The number of aliphatic hydroxyl groups is 2. The van der Waals surface area contributed by atoms with Crippen molar-refractivity contribution in [3.63, 3.8) is 0 Å². The van der Waals surface area contributed by atoms with Gasteiger partial charge in [0.25, 0.3) is 13.4 Å². The van der Waals surface area contributed by atoms with Gasteiger partial charge in [-0.2, -0.15) is 0 Å². The summed E-state index contributed by atoms with van der Waals surface area (Å²) in [6.07, 6.45) is -4.44. The van der Waals surface area contributed by atoms with Crippen LogP contribution >= 0.6 is 25.9 Å². The van der Waals surface area contributed by atoms with E-state index in [2.05, 4.69) is 19.9 Å². The van der Waals surface area contributed by atoms with Crippen molar-refractivity contribution >= 4 is 42.9 Å². The van der Waals surface area contributed by atoms with Crippen molar-refractivity contribution in [2.45, 2.75) is 49.1 Å². The van der Waals surface area contributed by atoms with Gasteiger partial charge < -0.3 is 53.6 Å². The normalized spacial score (nSPS) is 28.8. The summed E-state index contributed by atoms with van der Waals surface area (Å²) in [4.78, 5) is 67.6. The van der Waals surface area contributed by atoms with E-state index >= 15 is 0 Å². The molecule has 6 rings (SSSR count). The molecular formula is C23H27N9Na2O13P2S. The van der Waals surface area contributed by atoms with E-state index in [1.54, 1.807) is 0 Å². The van der Waals surface area contributed by atoms with Crippen LogP contribution < -0.4 is 85.9 Å². The number of rotatable bonds is 12. The fourth-order valence-corrected chi connectivity index (χ4v) is 8.99. The minimum atomic E-state index is -5.35. The van der Waals surface area contributed by atoms with E-state index in [1.165, 1.54) is 36.7 Å². The Morgan fingerprint density at radius 2 is 1.76 bits per heavy atom. The molecule has 0 bridgehead atoms. The Labute approximate surface area is 329 Å². The molecule has 2 aliphatic heterocycles. The number of imidazole rings is 2. The number of methoxy groups -OCH3 is 1. The Kier molecular flexibility index (Phi) is 13.9. The molecule has 0 amide bonds. The van der Waals surface area contributed by atoms with Crippen LogP contribution in [0.3, 0.4) is 0 Å². The second-order valence-corrected chi connectivity index (χ2v) is 15.9. The molecular weight excluding hydrogens is 750 g/mol. The van der Waals surface area contributed by atoms with Gasteiger partial charge in [0, 0.05) is 37.5 Å². The monoisotopic (exact) mass is 777 g/mol. The minimum absolute atomic E-state index is 0. The number of hydrogen-bond acceptors (Lipinski definition) is 19. The molecule has 0 aromatic carbocycles. The molecule has 0 saturated carbocycles. The standard InChI is InChI=1S/C23H29N9O13P2S.2Na/c1-41-18-17(45-47(39,40)42-6-11-15(34)16(35)21(43-11)31-4-2-13(33)29-23(31)36)12(7-48-46(37,38)30-5-3-25-9-30)44-22(18)32-10-28-14-19(24)26-8-27-20(14)32;;/h2-5,8-12,15-18,21-22,34-35H,6-7H2,1H3,(H,37,38)(H,39,40)(H2,24,26,27)(H,29,33,36);;/q;2*+1/p-2/t11-,12-,15-,16-,17-,18-,21-,22-;;/m1../s1. The molecule has 0 spiro atoms. The van der Waals surface area contributed by atoms with Crippen molar-refractivity contribution in [1.82, 2.24) is 38.4 Å². The predicted molar refractivity (Wildman–Crippen MR) is 158 cm³/mol. The maximum atomic E-state index is 13.2. The average Bonchev–Trinajstić information content (AvgIpc) is 3.83.